The highest BCUT2D eigenvalue weighted by molar-refractivity contribution is 5.82. The summed E-state index contributed by atoms with van der Waals surface area (Å²) in [5.74, 6) is -0.230. The van der Waals surface area contributed by atoms with Gasteiger partial charge in [0, 0.05) is 6.08 Å². The minimum Gasteiger partial charge on any atom is -0.463 e. The molecule has 1 fully saturated rings. The Bertz CT molecular complexity index is 208. The van der Waals surface area contributed by atoms with Gasteiger partial charge in [0.2, 0.25) is 0 Å². The van der Waals surface area contributed by atoms with Crippen molar-refractivity contribution in [1.82, 2.24) is 0 Å². The van der Waals surface area contributed by atoms with Crippen LogP contribution in [0.25, 0.3) is 0 Å². The molecule has 0 N–H and O–H groups in total. The molecule has 1 heterocycles. The fourth-order valence-corrected chi connectivity index (χ4v) is 1.40. The Hall–Kier alpha value is -0.830. The van der Waals surface area contributed by atoms with Crippen molar-refractivity contribution >= 4 is 5.97 Å². The van der Waals surface area contributed by atoms with Gasteiger partial charge in [0.15, 0.2) is 0 Å². The number of rotatable bonds is 2. The molecule has 1 aliphatic rings. The average molecular weight is 184 g/mol. The number of hydrogen-bond donors (Lipinski definition) is 0. The smallest absolute Gasteiger partial charge is 0.330 e. The van der Waals surface area contributed by atoms with E-state index in [-0.39, 0.29) is 12.1 Å². The SMILES string of the molecule is CCOC(=O)/C=C1/CCOC(C)C1. The second-order valence-electron chi connectivity index (χ2n) is 3.19. The summed E-state index contributed by atoms with van der Waals surface area (Å²) in [7, 11) is 0. The summed E-state index contributed by atoms with van der Waals surface area (Å²) in [6.45, 7) is 4.97. The van der Waals surface area contributed by atoms with E-state index < -0.39 is 0 Å². The first-order valence-corrected chi connectivity index (χ1v) is 4.70. The van der Waals surface area contributed by atoms with Gasteiger partial charge in [-0.15, -0.1) is 0 Å². The van der Waals surface area contributed by atoms with Crippen LogP contribution in [-0.2, 0) is 14.3 Å². The van der Waals surface area contributed by atoms with Gasteiger partial charge in [-0.3, -0.25) is 0 Å². The van der Waals surface area contributed by atoms with Crippen LogP contribution in [0.4, 0.5) is 0 Å². The molecule has 0 bridgehead atoms. The van der Waals surface area contributed by atoms with Gasteiger partial charge in [0.25, 0.3) is 0 Å². The molecule has 0 aliphatic carbocycles. The monoisotopic (exact) mass is 184 g/mol. The molecule has 0 saturated carbocycles. The summed E-state index contributed by atoms with van der Waals surface area (Å²) in [5.41, 5.74) is 1.14. The molecule has 1 saturated heterocycles. The van der Waals surface area contributed by atoms with Crippen LogP contribution in [0.5, 0.6) is 0 Å². The number of ether oxygens (including phenoxy) is 2. The maximum Gasteiger partial charge on any atom is 0.330 e. The molecule has 0 aromatic heterocycles. The molecule has 74 valence electrons. The van der Waals surface area contributed by atoms with Crippen molar-refractivity contribution in [2.45, 2.75) is 32.8 Å². The number of carbonyl (C=O) groups is 1. The third-order valence-electron chi connectivity index (χ3n) is 1.98. The van der Waals surface area contributed by atoms with E-state index in [0.717, 1.165) is 18.4 Å². The zero-order chi connectivity index (χ0) is 9.68. The van der Waals surface area contributed by atoms with Crippen molar-refractivity contribution < 1.29 is 14.3 Å². The summed E-state index contributed by atoms with van der Waals surface area (Å²) < 4.78 is 10.2. The first kappa shape index (κ1) is 10.3. The fraction of sp³-hybridized carbons (Fsp3) is 0.700. The lowest BCUT2D eigenvalue weighted by atomic mass is 10.0. The molecule has 1 unspecified atom stereocenters. The van der Waals surface area contributed by atoms with Gasteiger partial charge in [-0.25, -0.2) is 4.79 Å². The highest BCUT2D eigenvalue weighted by Gasteiger charge is 2.13. The zero-order valence-corrected chi connectivity index (χ0v) is 8.21. The standard InChI is InChI=1S/C10H16O3/c1-3-12-10(11)7-9-4-5-13-8(2)6-9/h7-8H,3-6H2,1-2H3/b9-7-. The summed E-state index contributed by atoms with van der Waals surface area (Å²) in [4.78, 5) is 11.1. The molecular weight excluding hydrogens is 168 g/mol. The first-order chi connectivity index (χ1) is 6.22. The largest absolute Gasteiger partial charge is 0.463 e. The molecule has 0 aromatic carbocycles. The van der Waals surface area contributed by atoms with E-state index in [1.165, 1.54) is 0 Å². The van der Waals surface area contributed by atoms with Crippen molar-refractivity contribution in [3.8, 4) is 0 Å². The predicted octanol–water partition coefficient (Wildman–Crippen LogP) is 1.67. The second kappa shape index (κ2) is 5.02. The molecule has 0 radical (unpaired) electrons. The van der Waals surface area contributed by atoms with E-state index in [1.54, 1.807) is 6.08 Å². The molecule has 0 amide bonds. The Balaban J connectivity index is 2.44. The number of hydrogen-bond acceptors (Lipinski definition) is 3. The highest BCUT2D eigenvalue weighted by atomic mass is 16.5. The molecule has 3 heteroatoms. The van der Waals surface area contributed by atoms with Gasteiger partial charge in [-0.05, 0) is 26.7 Å². The summed E-state index contributed by atoms with van der Waals surface area (Å²) in [6.07, 6.45) is 3.53. The predicted molar refractivity (Wildman–Crippen MR) is 49.4 cm³/mol. The van der Waals surface area contributed by atoms with E-state index in [1.807, 2.05) is 13.8 Å². The minimum atomic E-state index is -0.230. The van der Waals surface area contributed by atoms with Crippen molar-refractivity contribution in [1.29, 1.82) is 0 Å². The van der Waals surface area contributed by atoms with E-state index in [9.17, 15) is 4.79 Å². The van der Waals surface area contributed by atoms with Crippen LogP contribution in [0.1, 0.15) is 26.7 Å². The Morgan fingerprint density at radius 3 is 3.15 bits per heavy atom. The van der Waals surface area contributed by atoms with Crippen molar-refractivity contribution in [2.75, 3.05) is 13.2 Å². The van der Waals surface area contributed by atoms with Crippen LogP contribution in [0.15, 0.2) is 11.6 Å². The van der Waals surface area contributed by atoms with Gasteiger partial charge in [0.05, 0.1) is 19.3 Å². The first-order valence-electron chi connectivity index (χ1n) is 4.70. The van der Waals surface area contributed by atoms with Crippen LogP contribution in [0.2, 0.25) is 0 Å². The molecule has 0 aromatic rings. The summed E-state index contributed by atoms with van der Waals surface area (Å²) >= 11 is 0. The molecule has 13 heavy (non-hydrogen) atoms. The summed E-state index contributed by atoms with van der Waals surface area (Å²) in [5, 5.41) is 0. The van der Waals surface area contributed by atoms with Crippen LogP contribution in [0.3, 0.4) is 0 Å². The van der Waals surface area contributed by atoms with Crippen LogP contribution in [0, 0.1) is 0 Å². The van der Waals surface area contributed by atoms with E-state index in [0.29, 0.717) is 13.2 Å². The van der Waals surface area contributed by atoms with Gasteiger partial charge >= 0.3 is 5.97 Å². The minimum absolute atomic E-state index is 0.230. The molecule has 1 aliphatic heterocycles. The Morgan fingerprint density at radius 2 is 2.54 bits per heavy atom. The maximum absolute atomic E-state index is 11.1. The van der Waals surface area contributed by atoms with E-state index in [2.05, 4.69) is 0 Å². The van der Waals surface area contributed by atoms with Crippen molar-refractivity contribution in [2.24, 2.45) is 0 Å². The van der Waals surface area contributed by atoms with E-state index >= 15 is 0 Å². The van der Waals surface area contributed by atoms with Crippen molar-refractivity contribution in [3.05, 3.63) is 11.6 Å². The topological polar surface area (TPSA) is 35.5 Å². The summed E-state index contributed by atoms with van der Waals surface area (Å²) in [6, 6.07) is 0. The quantitative estimate of drug-likeness (QED) is 0.484. The third-order valence-corrected chi connectivity index (χ3v) is 1.98. The zero-order valence-electron chi connectivity index (χ0n) is 8.21. The number of esters is 1. The third kappa shape index (κ3) is 3.59. The molecule has 0 spiro atoms. The second-order valence-corrected chi connectivity index (χ2v) is 3.19. The Labute approximate surface area is 78.7 Å². The van der Waals surface area contributed by atoms with Crippen LogP contribution in [-0.4, -0.2) is 25.3 Å². The van der Waals surface area contributed by atoms with Crippen molar-refractivity contribution in [3.63, 3.8) is 0 Å². The molecular formula is C10H16O3. The normalized spacial score (nSPS) is 26.0. The van der Waals surface area contributed by atoms with Gasteiger partial charge < -0.3 is 9.47 Å². The Kier molecular flexibility index (Phi) is 3.96. The van der Waals surface area contributed by atoms with Gasteiger partial charge in [0.1, 0.15) is 0 Å². The number of carbonyl (C=O) groups excluding carboxylic acids is 1. The lowest BCUT2D eigenvalue weighted by Crippen LogP contribution is -2.18. The lowest BCUT2D eigenvalue weighted by Gasteiger charge is -2.21. The Morgan fingerprint density at radius 1 is 1.77 bits per heavy atom. The van der Waals surface area contributed by atoms with E-state index in [4.69, 9.17) is 9.47 Å². The van der Waals surface area contributed by atoms with Crippen LogP contribution < -0.4 is 0 Å². The molecule has 3 nitrogen and oxygen atoms in total. The van der Waals surface area contributed by atoms with Gasteiger partial charge in [-0.2, -0.15) is 0 Å². The lowest BCUT2D eigenvalue weighted by molar-refractivity contribution is -0.137. The maximum atomic E-state index is 11.1. The fourth-order valence-electron chi connectivity index (χ4n) is 1.40. The highest BCUT2D eigenvalue weighted by Crippen LogP contribution is 2.18. The average Bonchev–Trinajstić information content (AvgIpc) is 2.04. The van der Waals surface area contributed by atoms with Crippen LogP contribution >= 0.6 is 0 Å². The molecule has 1 rings (SSSR count). The van der Waals surface area contributed by atoms with Gasteiger partial charge in [-0.1, -0.05) is 5.57 Å². The molecule has 1 atom stereocenters.